The predicted molar refractivity (Wildman–Crippen MR) is 69.7 cm³/mol. The van der Waals surface area contributed by atoms with Crippen LogP contribution in [0.5, 0.6) is 0 Å². The Morgan fingerprint density at radius 1 is 1.42 bits per heavy atom. The number of fused-ring (bicyclic) bond motifs is 1. The van der Waals surface area contributed by atoms with E-state index in [9.17, 15) is 0 Å². The van der Waals surface area contributed by atoms with E-state index in [0.717, 1.165) is 11.2 Å². The maximum Gasteiger partial charge on any atom is 0.226 e. The van der Waals surface area contributed by atoms with Crippen LogP contribution in [-0.2, 0) is 7.05 Å². The van der Waals surface area contributed by atoms with Gasteiger partial charge in [-0.25, -0.2) is 0 Å². The van der Waals surface area contributed by atoms with Crippen molar-refractivity contribution in [2.45, 2.75) is 13.0 Å². The lowest BCUT2D eigenvalue weighted by Gasteiger charge is -2.13. The molecule has 0 aliphatic heterocycles. The molecule has 2 N–H and O–H groups in total. The first-order valence-electron chi connectivity index (χ1n) is 5.62. The van der Waals surface area contributed by atoms with Crippen LogP contribution in [0.4, 0.5) is 5.82 Å². The summed E-state index contributed by atoms with van der Waals surface area (Å²) in [6.07, 6.45) is 3.30. The highest BCUT2D eigenvalue weighted by Crippen LogP contribution is 2.23. The number of hydrogen-bond donors (Lipinski definition) is 2. The first-order chi connectivity index (χ1) is 9.15. The summed E-state index contributed by atoms with van der Waals surface area (Å²) >= 11 is 5.88. The second kappa shape index (κ2) is 4.47. The van der Waals surface area contributed by atoms with Crippen LogP contribution in [0.3, 0.4) is 0 Å². The molecule has 0 aliphatic rings. The molecular weight excluding hydrogens is 268 g/mol. The van der Waals surface area contributed by atoms with Crippen LogP contribution < -0.4 is 5.32 Å². The number of aromatic amines is 1. The van der Waals surface area contributed by atoms with Crippen LogP contribution in [0.15, 0.2) is 12.5 Å². The highest BCUT2D eigenvalue weighted by atomic mass is 35.5. The van der Waals surface area contributed by atoms with Crippen LogP contribution in [0, 0.1) is 0 Å². The average Bonchev–Trinajstić information content (AvgIpc) is 2.97. The van der Waals surface area contributed by atoms with Crippen LogP contribution in [-0.4, -0.2) is 34.9 Å². The van der Waals surface area contributed by atoms with E-state index in [-0.39, 0.29) is 11.3 Å². The maximum absolute atomic E-state index is 5.88. The lowest BCUT2D eigenvalue weighted by Crippen LogP contribution is -2.13. The summed E-state index contributed by atoms with van der Waals surface area (Å²) in [5, 5.41) is 18.8. The minimum atomic E-state index is -0.0726. The standard InChI is InChI=1S/C10H11ClN8/c1-5(9-18-13-4-19(9)2)14-7-6-3-12-17-8(6)16-10(11)15-7/h3-5H,1-2H3,(H2,12,14,15,16,17). The number of anilines is 1. The highest BCUT2D eigenvalue weighted by molar-refractivity contribution is 6.28. The van der Waals surface area contributed by atoms with E-state index in [4.69, 9.17) is 11.6 Å². The first kappa shape index (κ1) is 11.8. The van der Waals surface area contributed by atoms with Crippen molar-refractivity contribution in [3.8, 4) is 0 Å². The molecule has 3 aromatic heterocycles. The second-order valence-electron chi connectivity index (χ2n) is 4.14. The fraction of sp³-hybridized carbons (Fsp3) is 0.300. The van der Waals surface area contributed by atoms with Gasteiger partial charge in [-0.2, -0.15) is 15.1 Å². The van der Waals surface area contributed by atoms with Crippen molar-refractivity contribution < 1.29 is 0 Å². The van der Waals surface area contributed by atoms with Gasteiger partial charge in [0.2, 0.25) is 5.28 Å². The van der Waals surface area contributed by atoms with E-state index in [1.807, 2.05) is 18.5 Å². The van der Waals surface area contributed by atoms with Crippen molar-refractivity contribution >= 4 is 28.5 Å². The van der Waals surface area contributed by atoms with Crippen LogP contribution in [0.2, 0.25) is 5.28 Å². The molecule has 1 atom stereocenters. The SMILES string of the molecule is CC(Nc1nc(Cl)nc2[nH]ncc12)c1nncn1C. The molecule has 1 unspecified atom stereocenters. The molecule has 98 valence electrons. The molecular formula is C10H11ClN8. The van der Waals surface area contributed by atoms with Gasteiger partial charge in [0.1, 0.15) is 12.1 Å². The summed E-state index contributed by atoms with van der Waals surface area (Å²) in [6.45, 7) is 1.96. The molecule has 8 nitrogen and oxygen atoms in total. The Labute approximate surface area is 113 Å². The molecule has 0 saturated carbocycles. The van der Waals surface area contributed by atoms with Crippen molar-refractivity contribution in [3.05, 3.63) is 23.6 Å². The summed E-state index contributed by atoms with van der Waals surface area (Å²) in [7, 11) is 1.88. The Kier molecular flexibility index (Phi) is 2.79. The van der Waals surface area contributed by atoms with Gasteiger partial charge in [0.05, 0.1) is 17.6 Å². The molecule has 3 heterocycles. The zero-order valence-corrected chi connectivity index (χ0v) is 11.0. The van der Waals surface area contributed by atoms with Crippen molar-refractivity contribution in [1.82, 2.24) is 34.9 Å². The highest BCUT2D eigenvalue weighted by Gasteiger charge is 2.15. The smallest absolute Gasteiger partial charge is 0.226 e. The van der Waals surface area contributed by atoms with Crippen molar-refractivity contribution in [2.75, 3.05) is 5.32 Å². The Hall–Kier alpha value is -2.22. The molecule has 9 heteroatoms. The fourth-order valence-corrected chi connectivity index (χ4v) is 2.04. The van der Waals surface area contributed by atoms with Crippen molar-refractivity contribution in [1.29, 1.82) is 0 Å². The number of H-pyrrole nitrogens is 1. The topological polar surface area (TPSA) is 97.2 Å². The largest absolute Gasteiger partial charge is 0.360 e. The molecule has 0 fully saturated rings. The quantitative estimate of drug-likeness (QED) is 0.701. The van der Waals surface area contributed by atoms with Crippen molar-refractivity contribution in [3.63, 3.8) is 0 Å². The van der Waals surface area contributed by atoms with Gasteiger partial charge in [-0.15, -0.1) is 10.2 Å². The third-order valence-electron chi connectivity index (χ3n) is 2.77. The van der Waals surface area contributed by atoms with Crippen molar-refractivity contribution in [2.24, 2.45) is 7.05 Å². The van der Waals surface area contributed by atoms with Gasteiger partial charge in [0.15, 0.2) is 11.5 Å². The molecule has 0 amide bonds. The van der Waals surface area contributed by atoms with Crippen LogP contribution in [0.1, 0.15) is 18.8 Å². The number of hydrogen-bond acceptors (Lipinski definition) is 6. The molecule has 0 aliphatic carbocycles. The predicted octanol–water partition coefficient (Wildman–Crippen LogP) is 1.31. The summed E-state index contributed by atoms with van der Waals surface area (Å²) in [4.78, 5) is 8.23. The van der Waals surface area contributed by atoms with Gasteiger partial charge < -0.3 is 9.88 Å². The molecule has 3 rings (SSSR count). The number of aryl methyl sites for hydroxylation is 1. The lowest BCUT2D eigenvalue weighted by atomic mass is 10.3. The third-order valence-corrected chi connectivity index (χ3v) is 2.94. The zero-order valence-electron chi connectivity index (χ0n) is 10.3. The van der Waals surface area contributed by atoms with Gasteiger partial charge in [-0.3, -0.25) is 5.10 Å². The van der Waals surface area contributed by atoms with Crippen LogP contribution in [0.25, 0.3) is 11.0 Å². The Morgan fingerprint density at radius 2 is 2.26 bits per heavy atom. The Balaban J connectivity index is 1.97. The minimum Gasteiger partial charge on any atom is -0.360 e. The van der Waals surface area contributed by atoms with E-state index in [1.165, 1.54) is 0 Å². The normalized spacial score (nSPS) is 12.8. The second-order valence-corrected chi connectivity index (χ2v) is 4.48. The van der Waals surface area contributed by atoms with E-state index in [1.54, 1.807) is 12.5 Å². The first-order valence-corrected chi connectivity index (χ1v) is 6.00. The zero-order chi connectivity index (χ0) is 13.4. The molecule has 0 bridgehead atoms. The van der Waals surface area contributed by atoms with Gasteiger partial charge >= 0.3 is 0 Å². The van der Waals surface area contributed by atoms with E-state index >= 15 is 0 Å². The Morgan fingerprint density at radius 3 is 3.00 bits per heavy atom. The molecule has 0 saturated heterocycles. The van der Waals surface area contributed by atoms with E-state index in [0.29, 0.717) is 11.5 Å². The monoisotopic (exact) mass is 278 g/mol. The van der Waals surface area contributed by atoms with E-state index in [2.05, 4.69) is 35.7 Å². The number of nitrogens with zero attached hydrogens (tertiary/aromatic N) is 6. The molecule has 0 spiro atoms. The maximum atomic E-state index is 5.88. The van der Waals surface area contributed by atoms with Gasteiger partial charge in [0, 0.05) is 7.05 Å². The van der Waals surface area contributed by atoms with Gasteiger partial charge in [-0.05, 0) is 18.5 Å². The third kappa shape index (κ3) is 2.10. The van der Waals surface area contributed by atoms with E-state index < -0.39 is 0 Å². The number of aromatic nitrogens is 7. The summed E-state index contributed by atoms with van der Waals surface area (Å²) in [6, 6.07) is -0.0726. The summed E-state index contributed by atoms with van der Waals surface area (Å²) in [5.41, 5.74) is 0.590. The number of nitrogens with one attached hydrogen (secondary N) is 2. The molecule has 19 heavy (non-hydrogen) atoms. The summed E-state index contributed by atoms with van der Waals surface area (Å²) < 4.78 is 1.84. The van der Waals surface area contributed by atoms with Gasteiger partial charge in [0.25, 0.3) is 0 Å². The fourth-order valence-electron chi connectivity index (χ4n) is 1.87. The Bertz CT molecular complexity index is 717. The average molecular weight is 279 g/mol. The summed E-state index contributed by atoms with van der Waals surface area (Å²) in [5.74, 6) is 1.41. The molecule has 3 aromatic rings. The molecule has 0 radical (unpaired) electrons. The minimum absolute atomic E-state index is 0.0726. The number of rotatable bonds is 3. The lowest BCUT2D eigenvalue weighted by molar-refractivity contribution is 0.717. The molecule has 0 aromatic carbocycles. The van der Waals surface area contributed by atoms with Gasteiger partial charge in [-0.1, -0.05) is 0 Å². The number of halogens is 1. The van der Waals surface area contributed by atoms with Crippen LogP contribution >= 0.6 is 11.6 Å².